The molecule has 0 aliphatic carbocycles. The molecule has 4 nitrogen and oxygen atoms in total. The van der Waals surface area contributed by atoms with Crippen LogP contribution in [0.3, 0.4) is 0 Å². The van der Waals surface area contributed by atoms with Crippen LogP contribution in [0.25, 0.3) is 0 Å². The molecule has 0 saturated heterocycles. The number of aromatic hydroxyl groups is 1. The first-order valence-electron chi connectivity index (χ1n) is 5.00. The summed E-state index contributed by atoms with van der Waals surface area (Å²) in [5.41, 5.74) is 0.0316. The molecule has 1 rings (SSSR count). The van der Waals surface area contributed by atoms with Crippen LogP contribution in [0.15, 0.2) is 12.1 Å². The van der Waals surface area contributed by atoms with Crippen LogP contribution in [-0.4, -0.2) is 32.3 Å². The number of aliphatic hydroxyl groups excluding tert-OH is 2. The summed E-state index contributed by atoms with van der Waals surface area (Å²) in [4.78, 5) is 10.8. The van der Waals surface area contributed by atoms with Gasteiger partial charge in [-0.25, -0.2) is 0 Å². The Balaban J connectivity index is 2.89. The molecule has 1 aromatic rings. The molecule has 0 spiro atoms. The summed E-state index contributed by atoms with van der Waals surface area (Å²) in [5.74, 6) is -0.319. The Morgan fingerprint density at radius 2 is 2.00 bits per heavy atom. The summed E-state index contributed by atoms with van der Waals surface area (Å²) < 4.78 is 0. The quantitative estimate of drug-likeness (QED) is 0.796. The van der Waals surface area contributed by atoms with Crippen LogP contribution < -0.4 is 0 Å². The minimum absolute atomic E-state index is 0.0111. The fourth-order valence-electron chi connectivity index (χ4n) is 1.31. The molecular weight excluding hydrogens is 299 g/mol. The standard InChI is InChI=1S/C11H12Cl2O4S/c1-5(14)18-4-9(15)11(17)7-2-6(12)3-8(13)10(7)16/h2-3,9,11,15-17H,4H2,1H3. The lowest BCUT2D eigenvalue weighted by molar-refractivity contribution is -0.109. The van der Waals surface area contributed by atoms with Gasteiger partial charge >= 0.3 is 0 Å². The van der Waals surface area contributed by atoms with Crippen molar-refractivity contribution in [2.75, 3.05) is 5.75 Å². The molecule has 1 aromatic carbocycles. The van der Waals surface area contributed by atoms with Crippen molar-refractivity contribution in [3.05, 3.63) is 27.7 Å². The van der Waals surface area contributed by atoms with Crippen LogP contribution in [0.1, 0.15) is 18.6 Å². The Labute approximate surface area is 119 Å². The van der Waals surface area contributed by atoms with Crippen LogP contribution in [-0.2, 0) is 4.79 Å². The van der Waals surface area contributed by atoms with Crippen molar-refractivity contribution >= 4 is 40.1 Å². The summed E-state index contributed by atoms with van der Waals surface area (Å²) in [6, 6.07) is 2.64. The van der Waals surface area contributed by atoms with Gasteiger partial charge < -0.3 is 15.3 Å². The van der Waals surface area contributed by atoms with Gasteiger partial charge in [0.2, 0.25) is 0 Å². The highest BCUT2D eigenvalue weighted by molar-refractivity contribution is 8.13. The predicted octanol–water partition coefficient (Wildman–Crippen LogP) is 2.37. The Hall–Kier alpha value is -0.460. The number of hydrogen-bond acceptors (Lipinski definition) is 5. The van der Waals surface area contributed by atoms with Gasteiger partial charge in [0.05, 0.1) is 11.1 Å². The maximum absolute atomic E-state index is 10.8. The highest BCUT2D eigenvalue weighted by Crippen LogP contribution is 2.36. The van der Waals surface area contributed by atoms with Crippen molar-refractivity contribution < 1.29 is 20.1 Å². The monoisotopic (exact) mass is 310 g/mol. The maximum Gasteiger partial charge on any atom is 0.185 e. The van der Waals surface area contributed by atoms with Crippen molar-refractivity contribution in [2.45, 2.75) is 19.1 Å². The lowest BCUT2D eigenvalue weighted by Crippen LogP contribution is -2.21. The van der Waals surface area contributed by atoms with Gasteiger partial charge in [0.1, 0.15) is 11.9 Å². The summed E-state index contributed by atoms with van der Waals surface area (Å²) in [7, 11) is 0. The molecule has 0 aromatic heterocycles. The molecule has 0 fully saturated rings. The highest BCUT2D eigenvalue weighted by atomic mass is 35.5. The molecule has 18 heavy (non-hydrogen) atoms. The van der Waals surface area contributed by atoms with Gasteiger partial charge in [-0.15, -0.1) is 0 Å². The molecule has 0 aliphatic heterocycles. The van der Waals surface area contributed by atoms with Crippen LogP contribution in [0, 0.1) is 0 Å². The number of benzene rings is 1. The Morgan fingerprint density at radius 1 is 1.39 bits per heavy atom. The molecule has 0 radical (unpaired) electrons. The molecule has 0 aliphatic rings. The first kappa shape index (κ1) is 15.6. The van der Waals surface area contributed by atoms with Crippen molar-refractivity contribution in [3.63, 3.8) is 0 Å². The molecule has 0 saturated carbocycles. The zero-order valence-electron chi connectivity index (χ0n) is 9.43. The third kappa shape index (κ3) is 4.03. The lowest BCUT2D eigenvalue weighted by Gasteiger charge is -2.19. The number of carbonyl (C=O) groups is 1. The summed E-state index contributed by atoms with van der Waals surface area (Å²) in [6.07, 6.45) is -2.58. The van der Waals surface area contributed by atoms with E-state index < -0.39 is 12.2 Å². The van der Waals surface area contributed by atoms with Crippen LogP contribution in [0.5, 0.6) is 5.75 Å². The Morgan fingerprint density at radius 3 is 2.56 bits per heavy atom. The minimum Gasteiger partial charge on any atom is -0.506 e. The number of thioether (sulfide) groups is 1. The van der Waals surface area contributed by atoms with E-state index in [1.807, 2.05) is 0 Å². The summed E-state index contributed by atoms with van der Waals surface area (Å²) in [5, 5.41) is 29.3. The van der Waals surface area contributed by atoms with E-state index in [1.165, 1.54) is 19.1 Å². The predicted molar refractivity (Wildman–Crippen MR) is 72.2 cm³/mol. The fourth-order valence-corrected chi connectivity index (χ4v) is 2.41. The minimum atomic E-state index is -1.37. The van der Waals surface area contributed by atoms with Crippen molar-refractivity contribution in [3.8, 4) is 5.75 Å². The molecule has 100 valence electrons. The van der Waals surface area contributed by atoms with E-state index in [2.05, 4.69) is 0 Å². The first-order valence-corrected chi connectivity index (χ1v) is 6.74. The molecule has 0 bridgehead atoms. The van der Waals surface area contributed by atoms with E-state index in [9.17, 15) is 20.1 Å². The van der Waals surface area contributed by atoms with Gasteiger partial charge in [-0.2, -0.15) is 0 Å². The van der Waals surface area contributed by atoms with E-state index in [4.69, 9.17) is 23.2 Å². The van der Waals surface area contributed by atoms with Gasteiger partial charge in [0, 0.05) is 23.3 Å². The van der Waals surface area contributed by atoms with E-state index in [1.54, 1.807) is 0 Å². The van der Waals surface area contributed by atoms with Gasteiger partial charge in [-0.05, 0) is 12.1 Å². The number of halogens is 2. The Kier molecular flexibility index (Phi) is 5.75. The SMILES string of the molecule is CC(=O)SCC(O)C(O)c1cc(Cl)cc(Cl)c1O. The molecule has 2 atom stereocenters. The van der Waals surface area contributed by atoms with Gasteiger partial charge in [0.25, 0.3) is 0 Å². The van der Waals surface area contributed by atoms with E-state index in [0.29, 0.717) is 0 Å². The zero-order valence-corrected chi connectivity index (χ0v) is 11.8. The summed E-state index contributed by atoms with van der Waals surface area (Å²) in [6.45, 7) is 1.36. The highest BCUT2D eigenvalue weighted by Gasteiger charge is 2.23. The number of rotatable bonds is 4. The van der Waals surface area contributed by atoms with E-state index in [-0.39, 0.29) is 32.2 Å². The molecular formula is C11H12Cl2O4S. The number of aliphatic hydroxyl groups is 2. The number of phenolic OH excluding ortho intramolecular Hbond substituents is 1. The molecule has 0 heterocycles. The molecule has 0 amide bonds. The average Bonchev–Trinajstić information content (AvgIpc) is 2.29. The third-order valence-electron chi connectivity index (χ3n) is 2.20. The number of hydrogen-bond donors (Lipinski definition) is 3. The van der Waals surface area contributed by atoms with Crippen LogP contribution in [0.2, 0.25) is 10.0 Å². The normalized spacial score (nSPS) is 14.3. The van der Waals surface area contributed by atoms with Crippen molar-refractivity contribution in [2.24, 2.45) is 0 Å². The number of phenols is 1. The van der Waals surface area contributed by atoms with E-state index >= 15 is 0 Å². The van der Waals surface area contributed by atoms with E-state index in [0.717, 1.165) is 11.8 Å². The largest absolute Gasteiger partial charge is 0.506 e. The van der Waals surface area contributed by atoms with Crippen LogP contribution in [0.4, 0.5) is 0 Å². The van der Waals surface area contributed by atoms with Gasteiger partial charge in [-0.3, -0.25) is 4.79 Å². The van der Waals surface area contributed by atoms with Crippen LogP contribution >= 0.6 is 35.0 Å². The fraction of sp³-hybridized carbons (Fsp3) is 0.364. The first-order chi connectivity index (χ1) is 8.32. The maximum atomic E-state index is 10.8. The lowest BCUT2D eigenvalue weighted by atomic mass is 10.0. The van der Waals surface area contributed by atoms with Crippen molar-refractivity contribution in [1.82, 2.24) is 0 Å². The Bertz CT molecular complexity index is 453. The topological polar surface area (TPSA) is 77.8 Å². The second-order valence-corrected chi connectivity index (χ2v) is 5.68. The zero-order chi connectivity index (χ0) is 13.9. The van der Waals surface area contributed by atoms with Gasteiger partial charge in [-0.1, -0.05) is 35.0 Å². The molecule has 7 heteroatoms. The number of carbonyl (C=O) groups excluding carboxylic acids is 1. The third-order valence-corrected chi connectivity index (χ3v) is 3.62. The molecule has 3 N–H and O–H groups in total. The second kappa shape index (κ2) is 6.63. The summed E-state index contributed by atoms with van der Waals surface area (Å²) >= 11 is 12.3. The smallest absolute Gasteiger partial charge is 0.185 e. The second-order valence-electron chi connectivity index (χ2n) is 3.64. The average molecular weight is 311 g/mol. The van der Waals surface area contributed by atoms with Gasteiger partial charge in [0.15, 0.2) is 5.12 Å². The van der Waals surface area contributed by atoms with Crippen molar-refractivity contribution in [1.29, 1.82) is 0 Å². The molecule has 2 unspecified atom stereocenters.